The molecule has 0 spiro atoms. The Hall–Kier alpha value is -3.38. The van der Waals surface area contributed by atoms with Crippen molar-refractivity contribution in [3.8, 4) is 0 Å². The van der Waals surface area contributed by atoms with Crippen molar-refractivity contribution in [1.29, 1.82) is 0 Å². The minimum Gasteiger partial charge on any atom is -0.462 e. The van der Waals surface area contributed by atoms with Crippen molar-refractivity contribution in [1.82, 2.24) is 5.32 Å². The van der Waals surface area contributed by atoms with Gasteiger partial charge in [-0.2, -0.15) is 0 Å². The summed E-state index contributed by atoms with van der Waals surface area (Å²) in [5.74, 6) is -0.272. The molecule has 0 saturated heterocycles. The van der Waals surface area contributed by atoms with Crippen molar-refractivity contribution in [3.63, 3.8) is 0 Å². The van der Waals surface area contributed by atoms with E-state index in [1.54, 1.807) is 0 Å². The molecule has 3 aromatic rings. The van der Waals surface area contributed by atoms with E-state index in [0.29, 0.717) is 18.6 Å². The monoisotopic (exact) mass is 434 g/mol. The molecule has 2 aromatic carbocycles. The van der Waals surface area contributed by atoms with E-state index in [2.05, 4.69) is 28.8 Å². The summed E-state index contributed by atoms with van der Waals surface area (Å²) in [6, 6.07) is 14.2. The van der Waals surface area contributed by atoms with Gasteiger partial charge in [-0.1, -0.05) is 48.5 Å². The Morgan fingerprint density at radius 3 is 2.74 bits per heavy atom. The van der Waals surface area contributed by atoms with Gasteiger partial charge in [0.25, 0.3) is 0 Å². The second kappa shape index (κ2) is 11.1. The lowest BCUT2D eigenvalue weighted by atomic mass is 10.0. The lowest BCUT2D eigenvalue weighted by molar-refractivity contribution is -0.107. The van der Waals surface area contributed by atoms with Gasteiger partial charge >= 0.3 is 5.97 Å². The molecule has 4 rings (SSSR count). The van der Waals surface area contributed by atoms with E-state index in [0.717, 1.165) is 34.5 Å². The molecule has 2 heterocycles. The number of ether oxygens (including phenoxy) is 1. The van der Waals surface area contributed by atoms with E-state index in [9.17, 15) is 9.59 Å². The molecule has 1 aliphatic rings. The summed E-state index contributed by atoms with van der Waals surface area (Å²) < 4.78 is 5.12. The number of nitrogens with one attached hydrogen (secondary N) is 2. The Labute approximate surface area is 186 Å². The molecule has 0 aliphatic carbocycles. The number of esters is 1. The topological polar surface area (TPSA) is 67.4 Å². The van der Waals surface area contributed by atoms with Crippen LogP contribution in [-0.4, -0.2) is 32.5 Å². The van der Waals surface area contributed by atoms with Crippen LogP contribution >= 0.6 is 11.3 Å². The van der Waals surface area contributed by atoms with Crippen molar-refractivity contribution >= 4 is 44.9 Å². The number of hydrogen-bond acceptors (Lipinski definition) is 6. The van der Waals surface area contributed by atoms with Crippen LogP contribution in [0, 0.1) is 0 Å². The second-order valence-electron chi connectivity index (χ2n) is 6.73. The normalized spacial score (nSPS) is 12.3. The molecule has 5 nitrogen and oxygen atoms in total. The molecule has 0 unspecified atom stereocenters. The number of hydrogen-bond donors (Lipinski definition) is 2. The first kappa shape index (κ1) is 22.3. The van der Waals surface area contributed by atoms with E-state index in [-0.39, 0.29) is 5.97 Å². The Morgan fingerprint density at radius 2 is 2.03 bits per heavy atom. The Morgan fingerprint density at radius 1 is 1.23 bits per heavy atom. The SMILES string of the molecule is CCOC(=O)c1c(C2=CCNC=C2)csc1NC.O=CCc1cccc2ccccc12. The standard InChI is InChI=1S/C13H16N2O2S.C12H10O/c1-3-17-13(16)11-10(8-18-12(11)14-2)9-4-6-15-7-5-9;13-9-8-11-6-3-5-10-4-1-2-7-12(10)11/h4-6,8,14-15H,3,7H2,1-2H3;1-7,9H,8H2. The number of thiophene rings is 1. The summed E-state index contributed by atoms with van der Waals surface area (Å²) >= 11 is 1.52. The molecule has 160 valence electrons. The number of anilines is 1. The first-order chi connectivity index (χ1) is 15.2. The van der Waals surface area contributed by atoms with Gasteiger partial charge in [-0.3, -0.25) is 0 Å². The number of carbonyl (C=O) groups is 2. The average Bonchev–Trinajstić information content (AvgIpc) is 3.25. The van der Waals surface area contributed by atoms with Crippen LogP contribution in [0.5, 0.6) is 0 Å². The number of carbonyl (C=O) groups excluding carboxylic acids is 2. The highest BCUT2D eigenvalue weighted by Gasteiger charge is 2.21. The number of benzene rings is 2. The highest BCUT2D eigenvalue weighted by atomic mass is 32.1. The van der Waals surface area contributed by atoms with Crippen LogP contribution in [0.25, 0.3) is 16.3 Å². The number of aldehydes is 1. The van der Waals surface area contributed by atoms with Gasteiger partial charge in [-0.05, 0) is 41.1 Å². The molecular weight excluding hydrogens is 408 g/mol. The number of fused-ring (bicyclic) bond motifs is 1. The largest absolute Gasteiger partial charge is 0.462 e. The number of rotatable bonds is 6. The smallest absolute Gasteiger partial charge is 0.341 e. The zero-order chi connectivity index (χ0) is 22.1. The Bertz CT molecular complexity index is 1110. The quantitative estimate of drug-likeness (QED) is 0.420. The van der Waals surface area contributed by atoms with E-state index in [1.807, 2.05) is 62.0 Å². The van der Waals surface area contributed by atoms with Crippen LogP contribution in [0.4, 0.5) is 5.00 Å². The summed E-state index contributed by atoms with van der Waals surface area (Å²) in [7, 11) is 1.81. The fraction of sp³-hybridized carbons (Fsp3) is 0.200. The highest BCUT2D eigenvalue weighted by molar-refractivity contribution is 7.14. The van der Waals surface area contributed by atoms with Crippen molar-refractivity contribution in [3.05, 3.63) is 82.9 Å². The number of allylic oxidation sites excluding steroid dienone is 2. The zero-order valence-corrected chi connectivity index (χ0v) is 18.5. The van der Waals surface area contributed by atoms with Gasteiger partial charge < -0.3 is 20.2 Å². The van der Waals surface area contributed by atoms with Crippen molar-refractivity contribution < 1.29 is 14.3 Å². The van der Waals surface area contributed by atoms with E-state index in [1.165, 1.54) is 22.1 Å². The van der Waals surface area contributed by atoms with Gasteiger partial charge in [0.1, 0.15) is 16.9 Å². The molecule has 0 fully saturated rings. The Kier molecular flexibility index (Phi) is 8.01. The summed E-state index contributed by atoms with van der Waals surface area (Å²) in [5, 5.41) is 11.3. The van der Waals surface area contributed by atoms with Crippen molar-refractivity contribution in [2.45, 2.75) is 13.3 Å². The minimum atomic E-state index is -0.272. The second-order valence-corrected chi connectivity index (χ2v) is 7.61. The van der Waals surface area contributed by atoms with E-state index >= 15 is 0 Å². The molecule has 0 saturated carbocycles. The van der Waals surface area contributed by atoms with Crippen LogP contribution in [0.1, 0.15) is 28.4 Å². The first-order valence-corrected chi connectivity index (χ1v) is 11.0. The molecule has 31 heavy (non-hydrogen) atoms. The predicted octanol–water partition coefficient (Wildman–Crippen LogP) is 5.05. The molecule has 1 aliphatic heterocycles. The van der Waals surface area contributed by atoms with Crippen LogP contribution in [-0.2, 0) is 16.0 Å². The fourth-order valence-corrected chi connectivity index (χ4v) is 4.29. The molecule has 1 aromatic heterocycles. The van der Waals surface area contributed by atoms with Crippen LogP contribution < -0.4 is 10.6 Å². The average molecular weight is 435 g/mol. The van der Waals surface area contributed by atoms with Gasteiger partial charge in [0.15, 0.2) is 0 Å². The lowest BCUT2D eigenvalue weighted by Gasteiger charge is -2.10. The maximum atomic E-state index is 12.0. The van der Waals surface area contributed by atoms with E-state index < -0.39 is 0 Å². The summed E-state index contributed by atoms with van der Waals surface area (Å²) in [4.78, 5) is 22.4. The van der Waals surface area contributed by atoms with E-state index in [4.69, 9.17) is 4.74 Å². The Balaban J connectivity index is 0.000000185. The van der Waals surface area contributed by atoms with Crippen LogP contribution in [0.15, 0.2) is 66.2 Å². The molecule has 6 heteroatoms. The molecule has 0 atom stereocenters. The van der Waals surface area contributed by atoms with Crippen molar-refractivity contribution in [2.75, 3.05) is 25.5 Å². The summed E-state index contributed by atoms with van der Waals surface area (Å²) in [6.07, 6.45) is 7.36. The third-order valence-corrected chi connectivity index (χ3v) is 5.81. The fourth-order valence-electron chi connectivity index (χ4n) is 3.37. The van der Waals surface area contributed by atoms with Gasteiger partial charge in [0, 0.05) is 31.0 Å². The third-order valence-electron chi connectivity index (χ3n) is 4.81. The third kappa shape index (κ3) is 5.41. The maximum Gasteiger partial charge on any atom is 0.341 e. The van der Waals surface area contributed by atoms with Gasteiger partial charge in [0.2, 0.25) is 0 Å². The first-order valence-electron chi connectivity index (χ1n) is 10.2. The number of dihydropyridines is 1. The molecule has 0 amide bonds. The van der Waals surface area contributed by atoms with Gasteiger partial charge in [0.05, 0.1) is 6.61 Å². The maximum absolute atomic E-state index is 12.0. The lowest BCUT2D eigenvalue weighted by Crippen LogP contribution is -2.11. The van der Waals surface area contributed by atoms with Crippen molar-refractivity contribution in [2.24, 2.45) is 0 Å². The molecular formula is C25H26N2O3S. The van der Waals surface area contributed by atoms with Gasteiger partial charge in [-0.15, -0.1) is 11.3 Å². The van der Waals surface area contributed by atoms with Crippen LogP contribution in [0.3, 0.4) is 0 Å². The van der Waals surface area contributed by atoms with Gasteiger partial charge in [-0.25, -0.2) is 4.79 Å². The van der Waals surface area contributed by atoms with Crippen LogP contribution in [0.2, 0.25) is 0 Å². The molecule has 0 radical (unpaired) electrons. The highest BCUT2D eigenvalue weighted by Crippen LogP contribution is 2.34. The predicted molar refractivity (Wildman–Crippen MR) is 129 cm³/mol. The summed E-state index contributed by atoms with van der Waals surface area (Å²) in [6.45, 7) is 2.97. The zero-order valence-electron chi connectivity index (χ0n) is 17.7. The minimum absolute atomic E-state index is 0.272. The molecule has 2 N–H and O–H groups in total. The molecule has 0 bridgehead atoms. The summed E-state index contributed by atoms with van der Waals surface area (Å²) in [5.41, 5.74) is 3.71.